The van der Waals surface area contributed by atoms with E-state index in [4.69, 9.17) is 0 Å². The maximum absolute atomic E-state index is 12.5. The van der Waals surface area contributed by atoms with Gasteiger partial charge in [-0.15, -0.1) is 0 Å². The van der Waals surface area contributed by atoms with Crippen molar-refractivity contribution in [2.45, 2.75) is 70.1 Å². The summed E-state index contributed by atoms with van der Waals surface area (Å²) >= 11 is 0. The van der Waals surface area contributed by atoms with E-state index < -0.39 is 0 Å². The number of carbonyl (C=O) groups is 1. The summed E-state index contributed by atoms with van der Waals surface area (Å²) in [6.45, 7) is 3.95. The van der Waals surface area contributed by atoms with Gasteiger partial charge < -0.3 is 4.90 Å². The Labute approximate surface area is 124 Å². The molecule has 1 saturated carbocycles. The normalized spacial score (nSPS) is 29.0. The summed E-state index contributed by atoms with van der Waals surface area (Å²) in [7, 11) is 0. The fraction of sp³-hybridized carbons (Fsp3) is 0.800. The minimum absolute atomic E-state index is 0.0241. The summed E-state index contributed by atoms with van der Waals surface area (Å²) in [4.78, 5) is 19.2. The number of rotatable bonds is 4. The van der Waals surface area contributed by atoms with Crippen molar-refractivity contribution >= 4 is 5.91 Å². The molecule has 1 aliphatic carbocycles. The van der Waals surface area contributed by atoms with Crippen LogP contribution in [0.2, 0.25) is 0 Å². The van der Waals surface area contributed by atoms with Gasteiger partial charge >= 0.3 is 0 Å². The van der Waals surface area contributed by atoms with Crippen molar-refractivity contribution in [1.29, 1.82) is 0 Å². The quantitative estimate of drug-likeness (QED) is 0.899. The van der Waals surface area contributed by atoms with Gasteiger partial charge in [0.2, 0.25) is 5.91 Å². The van der Waals surface area contributed by atoms with Crippen LogP contribution in [0.3, 0.4) is 0 Å². The minimum atomic E-state index is -0.0241. The van der Waals surface area contributed by atoms with Crippen molar-refractivity contribution in [2.75, 3.05) is 6.54 Å². The van der Waals surface area contributed by atoms with Crippen LogP contribution in [0.15, 0.2) is 0 Å². The minimum Gasteiger partial charge on any atom is -0.338 e. The maximum Gasteiger partial charge on any atom is 0.240 e. The van der Waals surface area contributed by atoms with Gasteiger partial charge in [-0.1, -0.05) is 6.92 Å². The second kappa shape index (κ2) is 5.09. The highest BCUT2D eigenvalue weighted by molar-refractivity contribution is 5.84. The van der Waals surface area contributed by atoms with Crippen LogP contribution in [-0.2, 0) is 17.8 Å². The van der Waals surface area contributed by atoms with Crippen LogP contribution in [0.25, 0.3) is 0 Å². The summed E-state index contributed by atoms with van der Waals surface area (Å²) in [5.41, 5.74) is 0. The first kappa shape index (κ1) is 13.2. The number of carbonyl (C=O) groups excluding carboxylic acids is 1. The number of nitrogens with zero attached hydrogens (tertiary/aromatic N) is 4. The average molecular weight is 289 g/mol. The van der Waals surface area contributed by atoms with Gasteiger partial charge in [0.1, 0.15) is 5.82 Å². The lowest BCUT2D eigenvalue weighted by atomic mass is 10.1. The number of amides is 1. The van der Waals surface area contributed by atoms with Crippen molar-refractivity contribution in [1.82, 2.24) is 25.0 Å². The summed E-state index contributed by atoms with van der Waals surface area (Å²) in [5.74, 6) is 2.23. The number of hydrogen-bond acceptors (Lipinski definition) is 4. The Morgan fingerprint density at radius 1 is 1.19 bits per heavy atom. The zero-order valence-corrected chi connectivity index (χ0v) is 12.6. The lowest BCUT2D eigenvalue weighted by Crippen LogP contribution is -2.42. The zero-order chi connectivity index (χ0) is 14.4. The standard InChI is InChI=1S/C15H23N5O/c1-2-13-17-14-11(4-3-8-20(14)18-13)16-12-7-9-19(15(12)21)10-5-6-10/h10-12,16H,2-9H2,1H3/t11-,12-/m1/s1. The topological polar surface area (TPSA) is 63.1 Å². The van der Waals surface area contributed by atoms with Gasteiger partial charge in [0, 0.05) is 25.6 Å². The van der Waals surface area contributed by atoms with Gasteiger partial charge in [0.05, 0.1) is 12.1 Å². The van der Waals surface area contributed by atoms with Crippen molar-refractivity contribution in [3.63, 3.8) is 0 Å². The molecule has 2 atom stereocenters. The molecule has 114 valence electrons. The summed E-state index contributed by atoms with van der Waals surface area (Å²) in [5, 5.41) is 8.10. The molecule has 0 aromatic carbocycles. The Balaban J connectivity index is 1.48. The number of nitrogens with one attached hydrogen (secondary N) is 1. The molecule has 1 N–H and O–H groups in total. The Bertz CT molecular complexity index is 550. The van der Waals surface area contributed by atoms with Crippen LogP contribution in [0, 0.1) is 0 Å². The lowest BCUT2D eigenvalue weighted by molar-refractivity contribution is -0.130. The molecule has 0 spiro atoms. The summed E-state index contributed by atoms with van der Waals surface area (Å²) in [6.07, 6.45) is 6.33. The van der Waals surface area contributed by atoms with Gasteiger partial charge in [-0.3, -0.25) is 10.1 Å². The third-order valence-electron chi connectivity index (χ3n) is 4.86. The first-order chi connectivity index (χ1) is 10.3. The highest BCUT2D eigenvalue weighted by Crippen LogP contribution is 2.32. The molecule has 4 rings (SSSR count). The smallest absolute Gasteiger partial charge is 0.240 e. The first-order valence-electron chi connectivity index (χ1n) is 8.26. The molecule has 1 amide bonds. The van der Waals surface area contributed by atoms with Crippen molar-refractivity contribution in [3.05, 3.63) is 11.6 Å². The highest BCUT2D eigenvalue weighted by Gasteiger charge is 2.41. The van der Waals surface area contributed by atoms with Crippen LogP contribution in [0.5, 0.6) is 0 Å². The molecule has 3 aliphatic rings. The molecule has 1 saturated heterocycles. The Morgan fingerprint density at radius 3 is 2.81 bits per heavy atom. The van der Waals surface area contributed by atoms with Crippen LogP contribution in [0.1, 0.15) is 56.7 Å². The molecule has 2 fully saturated rings. The molecule has 1 aromatic heterocycles. The summed E-state index contributed by atoms with van der Waals surface area (Å²) in [6, 6.07) is 0.689. The second-order valence-electron chi connectivity index (χ2n) is 6.43. The molecule has 1 aromatic rings. The van der Waals surface area contributed by atoms with E-state index in [1.165, 1.54) is 12.8 Å². The maximum atomic E-state index is 12.5. The van der Waals surface area contributed by atoms with E-state index in [1.807, 2.05) is 4.68 Å². The summed E-state index contributed by atoms with van der Waals surface area (Å²) < 4.78 is 2.03. The number of likely N-dealkylation sites (tertiary alicyclic amines) is 1. The average Bonchev–Trinajstić information content (AvgIpc) is 3.14. The fourth-order valence-corrected chi connectivity index (χ4v) is 3.56. The predicted molar refractivity (Wildman–Crippen MR) is 77.7 cm³/mol. The van der Waals surface area contributed by atoms with Crippen molar-refractivity contribution < 1.29 is 4.79 Å². The number of fused-ring (bicyclic) bond motifs is 1. The third kappa shape index (κ3) is 2.35. The van der Waals surface area contributed by atoms with Crippen LogP contribution in [0.4, 0.5) is 0 Å². The van der Waals surface area contributed by atoms with Gasteiger partial charge in [0.25, 0.3) is 0 Å². The Kier molecular flexibility index (Phi) is 3.21. The second-order valence-corrected chi connectivity index (χ2v) is 6.43. The van der Waals surface area contributed by atoms with Gasteiger partial charge in [-0.05, 0) is 32.1 Å². The molecular formula is C15H23N5O. The lowest BCUT2D eigenvalue weighted by Gasteiger charge is -2.26. The van der Waals surface area contributed by atoms with Gasteiger partial charge in [0.15, 0.2) is 5.82 Å². The molecule has 0 bridgehead atoms. The number of hydrogen-bond donors (Lipinski definition) is 1. The SMILES string of the molecule is CCc1nc2n(n1)CCC[C@H]2N[C@@H]1CCN(C2CC2)C1=O. The van der Waals surface area contributed by atoms with E-state index >= 15 is 0 Å². The van der Waals surface area contributed by atoms with E-state index in [9.17, 15) is 4.79 Å². The van der Waals surface area contributed by atoms with Crippen molar-refractivity contribution in [2.24, 2.45) is 0 Å². The van der Waals surface area contributed by atoms with Gasteiger partial charge in [-0.2, -0.15) is 5.10 Å². The zero-order valence-electron chi connectivity index (χ0n) is 12.6. The van der Waals surface area contributed by atoms with Crippen LogP contribution in [-0.4, -0.2) is 44.2 Å². The Morgan fingerprint density at radius 2 is 2.05 bits per heavy atom. The molecule has 0 radical (unpaired) electrons. The molecular weight excluding hydrogens is 266 g/mol. The molecule has 21 heavy (non-hydrogen) atoms. The number of aryl methyl sites for hydroxylation is 2. The molecule has 6 nitrogen and oxygen atoms in total. The molecule has 0 unspecified atom stereocenters. The van der Waals surface area contributed by atoms with E-state index in [1.54, 1.807) is 0 Å². The number of aromatic nitrogens is 3. The predicted octanol–water partition coefficient (Wildman–Crippen LogP) is 1.03. The van der Waals surface area contributed by atoms with Crippen molar-refractivity contribution in [3.8, 4) is 0 Å². The highest BCUT2D eigenvalue weighted by atomic mass is 16.2. The fourth-order valence-electron chi connectivity index (χ4n) is 3.56. The van der Waals surface area contributed by atoms with Gasteiger partial charge in [-0.25, -0.2) is 9.67 Å². The largest absolute Gasteiger partial charge is 0.338 e. The Hall–Kier alpha value is -1.43. The van der Waals surface area contributed by atoms with E-state index in [0.717, 1.165) is 50.4 Å². The van der Waals surface area contributed by atoms with E-state index in [2.05, 4.69) is 27.2 Å². The molecule has 3 heterocycles. The monoisotopic (exact) mass is 289 g/mol. The third-order valence-corrected chi connectivity index (χ3v) is 4.86. The molecule has 6 heteroatoms. The van der Waals surface area contributed by atoms with E-state index in [-0.39, 0.29) is 12.1 Å². The molecule has 2 aliphatic heterocycles. The first-order valence-corrected chi connectivity index (χ1v) is 8.26. The van der Waals surface area contributed by atoms with Crippen LogP contribution >= 0.6 is 0 Å². The van der Waals surface area contributed by atoms with E-state index in [0.29, 0.717) is 11.9 Å². The van der Waals surface area contributed by atoms with Crippen LogP contribution < -0.4 is 5.32 Å².